The predicted octanol–water partition coefficient (Wildman–Crippen LogP) is 2.42. The molecule has 2 nitrogen and oxygen atoms in total. The number of benzene rings is 1. The first kappa shape index (κ1) is 11.6. The first-order valence-electron chi connectivity index (χ1n) is 6.29. The van der Waals surface area contributed by atoms with Crippen molar-refractivity contribution in [2.75, 3.05) is 13.1 Å². The standard InChI is InChI=1S/C14H21NO/c16-14-8-4-10-15(11-5-9-14)12-13-6-2-1-3-7-13/h1-3,6-7,14,16H,4-5,8-12H2. The summed E-state index contributed by atoms with van der Waals surface area (Å²) in [5.74, 6) is 0. The first-order chi connectivity index (χ1) is 7.84. The summed E-state index contributed by atoms with van der Waals surface area (Å²) >= 11 is 0. The highest BCUT2D eigenvalue weighted by atomic mass is 16.3. The maximum atomic E-state index is 9.57. The summed E-state index contributed by atoms with van der Waals surface area (Å²) < 4.78 is 0. The number of aliphatic hydroxyl groups excluding tert-OH is 1. The Morgan fingerprint density at radius 3 is 2.31 bits per heavy atom. The van der Waals surface area contributed by atoms with Gasteiger partial charge in [-0.15, -0.1) is 0 Å². The molecule has 1 saturated heterocycles. The lowest BCUT2D eigenvalue weighted by Crippen LogP contribution is -2.29. The summed E-state index contributed by atoms with van der Waals surface area (Å²) in [6.07, 6.45) is 4.11. The minimum Gasteiger partial charge on any atom is -0.393 e. The average Bonchev–Trinajstić information content (AvgIpc) is 2.27. The highest BCUT2D eigenvalue weighted by Crippen LogP contribution is 2.13. The van der Waals surface area contributed by atoms with Crippen molar-refractivity contribution in [2.45, 2.75) is 38.3 Å². The Balaban J connectivity index is 1.85. The van der Waals surface area contributed by atoms with Crippen molar-refractivity contribution in [1.29, 1.82) is 0 Å². The maximum Gasteiger partial charge on any atom is 0.0541 e. The highest BCUT2D eigenvalue weighted by molar-refractivity contribution is 5.14. The smallest absolute Gasteiger partial charge is 0.0541 e. The molecule has 0 spiro atoms. The zero-order valence-corrected chi connectivity index (χ0v) is 9.81. The number of rotatable bonds is 2. The van der Waals surface area contributed by atoms with E-state index in [-0.39, 0.29) is 6.10 Å². The summed E-state index contributed by atoms with van der Waals surface area (Å²) in [5, 5.41) is 9.57. The first-order valence-corrected chi connectivity index (χ1v) is 6.29. The Labute approximate surface area is 97.9 Å². The monoisotopic (exact) mass is 219 g/mol. The molecule has 0 amide bonds. The molecule has 0 aromatic heterocycles. The van der Waals surface area contributed by atoms with Gasteiger partial charge in [-0.3, -0.25) is 4.90 Å². The van der Waals surface area contributed by atoms with Crippen LogP contribution >= 0.6 is 0 Å². The Morgan fingerprint density at radius 2 is 1.69 bits per heavy atom. The molecule has 1 aliphatic rings. The van der Waals surface area contributed by atoms with E-state index in [9.17, 15) is 5.11 Å². The van der Waals surface area contributed by atoms with Gasteiger partial charge in [0, 0.05) is 6.54 Å². The van der Waals surface area contributed by atoms with E-state index in [4.69, 9.17) is 0 Å². The van der Waals surface area contributed by atoms with Crippen LogP contribution in [0.1, 0.15) is 31.2 Å². The van der Waals surface area contributed by atoms with E-state index in [0.717, 1.165) is 45.3 Å². The lowest BCUT2D eigenvalue weighted by atomic mass is 10.1. The van der Waals surface area contributed by atoms with Crippen molar-refractivity contribution in [2.24, 2.45) is 0 Å². The van der Waals surface area contributed by atoms with Gasteiger partial charge in [0.2, 0.25) is 0 Å². The second-order valence-electron chi connectivity index (χ2n) is 4.70. The summed E-state index contributed by atoms with van der Waals surface area (Å²) in [5.41, 5.74) is 1.39. The van der Waals surface area contributed by atoms with Crippen LogP contribution in [-0.2, 0) is 6.54 Å². The zero-order valence-electron chi connectivity index (χ0n) is 9.81. The summed E-state index contributed by atoms with van der Waals surface area (Å²) in [4.78, 5) is 2.50. The number of aliphatic hydroxyl groups is 1. The zero-order chi connectivity index (χ0) is 11.2. The quantitative estimate of drug-likeness (QED) is 0.825. The average molecular weight is 219 g/mol. The molecule has 2 heteroatoms. The SMILES string of the molecule is OC1CCCN(Cc2ccccc2)CCC1. The van der Waals surface area contributed by atoms with Crippen molar-refractivity contribution in [1.82, 2.24) is 4.90 Å². The van der Waals surface area contributed by atoms with Crippen molar-refractivity contribution in [3.8, 4) is 0 Å². The lowest BCUT2D eigenvalue weighted by Gasteiger charge is -2.26. The molecule has 1 fully saturated rings. The van der Waals surface area contributed by atoms with Gasteiger partial charge in [0.05, 0.1) is 6.10 Å². The molecule has 1 aromatic carbocycles. The number of hydrogen-bond donors (Lipinski definition) is 1. The van der Waals surface area contributed by atoms with Gasteiger partial charge in [0.15, 0.2) is 0 Å². The van der Waals surface area contributed by atoms with E-state index in [2.05, 4.69) is 35.2 Å². The predicted molar refractivity (Wildman–Crippen MR) is 66.2 cm³/mol. The van der Waals surface area contributed by atoms with Crippen LogP contribution in [0.25, 0.3) is 0 Å². The molecule has 1 aromatic rings. The van der Waals surface area contributed by atoms with Gasteiger partial charge in [-0.2, -0.15) is 0 Å². The van der Waals surface area contributed by atoms with E-state index in [1.165, 1.54) is 5.56 Å². The van der Waals surface area contributed by atoms with Gasteiger partial charge in [-0.25, -0.2) is 0 Å². The van der Waals surface area contributed by atoms with E-state index >= 15 is 0 Å². The summed E-state index contributed by atoms with van der Waals surface area (Å²) in [6, 6.07) is 10.6. The van der Waals surface area contributed by atoms with Gasteiger partial charge in [0.25, 0.3) is 0 Å². The van der Waals surface area contributed by atoms with Crippen LogP contribution in [0.5, 0.6) is 0 Å². The third kappa shape index (κ3) is 3.62. The molecule has 16 heavy (non-hydrogen) atoms. The Hall–Kier alpha value is -0.860. The van der Waals surface area contributed by atoms with E-state index in [1.54, 1.807) is 0 Å². The Kier molecular flexibility index (Phi) is 4.37. The second kappa shape index (κ2) is 6.02. The molecular weight excluding hydrogens is 198 g/mol. The largest absolute Gasteiger partial charge is 0.393 e. The Morgan fingerprint density at radius 1 is 1.06 bits per heavy atom. The van der Waals surface area contributed by atoms with Crippen LogP contribution in [0.15, 0.2) is 30.3 Å². The number of nitrogens with zero attached hydrogens (tertiary/aromatic N) is 1. The molecule has 2 rings (SSSR count). The van der Waals surface area contributed by atoms with Crippen LogP contribution in [0.3, 0.4) is 0 Å². The van der Waals surface area contributed by atoms with Crippen LogP contribution < -0.4 is 0 Å². The van der Waals surface area contributed by atoms with Gasteiger partial charge in [0.1, 0.15) is 0 Å². The van der Waals surface area contributed by atoms with Gasteiger partial charge in [-0.05, 0) is 44.3 Å². The van der Waals surface area contributed by atoms with E-state index < -0.39 is 0 Å². The van der Waals surface area contributed by atoms with Gasteiger partial charge < -0.3 is 5.11 Å². The van der Waals surface area contributed by atoms with Crippen LogP contribution in [0, 0.1) is 0 Å². The molecule has 1 N–H and O–H groups in total. The third-order valence-corrected chi connectivity index (χ3v) is 3.27. The van der Waals surface area contributed by atoms with Crippen molar-refractivity contribution in [3.63, 3.8) is 0 Å². The molecule has 0 radical (unpaired) electrons. The van der Waals surface area contributed by atoms with Crippen LogP contribution in [-0.4, -0.2) is 29.2 Å². The molecule has 0 aliphatic carbocycles. The third-order valence-electron chi connectivity index (χ3n) is 3.27. The Bertz CT molecular complexity index is 289. The lowest BCUT2D eigenvalue weighted by molar-refractivity contribution is 0.118. The minimum atomic E-state index is -0.0566. The minimum absolute atomic E-state index is 0.0566. The summed E-state index contributed by atoms with van der Waals surface area (Å²) in [7, 11) is 0. The number of likely N-dealkylation sites (tertiary alicyclic amines) is 1. The van der Waals surface area contributed by atoms with Crippen molar-refractivity contribution < 1.29 is 5.11 Å². The topological polar surface area (TPSA) is 23.5 Å². The molecule has 88 valence electrons. The molecule has 0 saturated carbocycles. The van der Waals surface area contributed by atoms with Crippen LogP contribution in [0.4, 0.5) is 0 Å². The molecular formula is C14H21NO. The maximum absolute atomic E-state index is 9.57. The molecule has 0 atom stereocenters. The fourth-order valence-corrected chi connectivity index (χ4v) is 2.36. The fourth-order valence-electron chi connectivity index (χ4n) is 2.36. The second-order valence-corrected chi connectivity index (χ2v) is 4.70. The molecule has 0 bridgehead atoms. The molecule has 1 aliphatic heterocycles. The molecule has 1 heterocycles. The highest BCUT2D eigenvalue weighted by Gasteiger charge is 2.12. The van der Waals surface area contributed by atoms with E-state index in [0.29, 0.717) is 0 Å². The fraction of sp³-hybridized carbons (Fsp3) is 0.571. The molecule has 0 unspecified atom stereocenters. The van der Waals surface area contributed by atoms with Crippen molar-refractivity contribution in [3.05, 3.63) is 35.9 Å². The van der Waals surface area contributed by atoms with Crippen LogP contribution in [0.2, 0.25) is 0 Å². The summed E-state index contributed by atoms with van der Waals surface area (Å²) in [6.45, 7) is 3.29. The van der Waals surface area contributed by atoms with Gasteiger partial charge >= 0.3 is 0 Å². The normalized spacial score (nSPS) is 20.3. The number of hydrogen-bond acceptors (Lipinski definition) is 2. The van der Waals surface area contributed by atoms with E-state index in [1.807, 2.05) is 0 Å². The van der Waals surface area contributed by atoms with Crippen molar-refractivity contribution >= 4 is 0 Å². The van der Waals surface area contributed by atoms with Gasteiger partial charge in [-0.1, -0.05) is 30.3 Å².